The van der Waals surface area contributed by atoms with Crippen molar-refractivity contribution in [2.75, 3.05) is 5.32 Å². The molecule has 0 bridgehead atoms. The molecule has 180 valence electrons. The summed E-state index contributed by atoms with van der Waals surface area (Å²) < 4.78 is 5.38. The number of nitrogens with one attached hydrogen (secondary N) is 1. The maximum atomic E-state index is 13.1. The van der Waals surface area contributed by atoms with Gasteiger partial charge in [-0.05, 0) is 38.8 Å². The number of carbonyl (C=O) groups excluding carboxylic acids is 1. The molecule has 8 nitrogen and oxygen atoms in total. The van der Waals surface area contributed by atoms with Crippen LogP contribution in [0.3, 0.4) is 0 Å². The van der Waals surface area contributed by atoms with E-state index in [1.165, 1.54) is 31.0 Å². The molecule has 0 aliphatic heterocycles. The molecule has 3 aromatic rings. The topological polar surface area (TPSA) is 86.7 Å². The van der Waals surface area contributed by atoms with E-state index >= 15 is 0 Å². The summed E-state index contributed by atoms with van der Waals surface area (Å²) in [7, 11) is 1.81. The van der Waals surface area contributed by atoms with Crippen LogP contribution in [0, 0.1) is 6.92 Å². The summed E-state index contributed by atoms with van der Waals surface area (Å²) in [4.78, 5) is 26.2. The quantitative estimate of drug-likeness (QED) is 0.381. The van der Waals surface area contributed by atoms with Gasteiger partial charge in [0.25, 0.3) is 5.56 Å². The lowest BCUT2D eigenvalue weighted by molar-refractivity contribution is -0.115. The predicted octanol–water partition coefficient (Wildman–Crippen LogP) is 4.43. The second kappa shape index (κ2) is 10.5. The van der Waals surface area contributed by atoms with Gasteiger partial charge in [-0.15, -0.1) is 16.8 Å². The number of hydrogen-bond acceptors (Lipinski definition) is 5. The number of carbonyl (C=O) groups is 1. The van der Waals surface area contributed by atoms with Gasteiger partial charge in [-0.3, -0.25) is 14.3 Å². The molecule has 1 aromatic carbocycles. The number of rotatable bonds is 8. The minimum atomic E-state index is -0.462. The molecule has 0 radical (unpaired) electrons. The van der Waals surface area contributed by atoms with Crippen molar-refractivity contribution in [2.45, 2.75) is 68.8 Å². The number of hydrogen-bond donors (Lipinski definition) is 1. The van der Waals surface area contributed by atoms with Gasteiger partial charge in [0.1, 0.15) is 11.5 Å². The van der Waals surface area contributed by atoms with Crippen molar-refractivity contribution in [1.29, 1.82) is 0 Å². The molecule has 1 N–H and O–H groups in total. The smallest absolute Gasteiger partial charge is 0.295 e. The zero-order valence-corrected chi connectivity index (χ0v) is 20.8. The van der Waals surface area contributed by atoms with Crippen LogP contribution >= 0.6 is 11.8 Å². The Morgan fingerprint density at radius 2 is 1.94 bits per heavy atom. The molecule has 2 aromatic heterocycles. The summed E-state index contributed by atoms with van der Waals surface area (Å²) in [5, 5.41) is 12.0. The number of benzene rings is 1. The normalized spacial score (nSPS) is 15.3. The molecule has 1 fully saturated rings. The van der Waals surface area contributed by atoms with Gasteiger partial charge in [-0.2, -0.15) is 0 Å². The first-order chi connectivity index (χ1) is 16.4. The lowest BCUT2D eigenvalue weighted by atomic mass is 9.89. The van der Waals surface area contributed by atoms with Crippen LogP contribution in [0.5, 0.6) is 0 Å². The molecule has 0 spiro atoms. The number of aromatic nitrogens is 5. The van der Waals surface area contributed by atoms with Crippen LogP contribution in [-0.4, -0.2) is 35.3 Å². The van der Waals surface area contributed by atoms with Crippen LogP contribution in [0.2, 0.25) is 0 Å². The Morgan fingerprint density at radius 3 is 2.62 bits per heavy atom. The number of allylic oxidation sites excluding steroid dienone is 1. The molecule has 1 amide bonds. The molecule has 1 aliphatic carbocycles. The summed E-state index contributed by atoms with van der Waals surface area (Å²) >= 11 is 1.36. The Morgan fingerprint density at radius 1 is 1.24 bits per heavy atom. The van der Waals surface area contributed by atoms with Crippen molar-refractivity contribution >= 4 is 23.4 Å². The first-order valence-corrected chi connectivity index (χ1v) is 12.7. The Hall–Kier alpha value is -3.07. The van der Waals surface area contributed by atoms with Gasteiger partial charge in [-0.1, -0.05) is 55.3 Å². The van der Waals surface area contributed by atoms with E-state index in [0.29, 0.717) is 29.0 Å². The molecule has 2 heterocycles. The highest BCUT2D eigenvalue weighted by molar-refractivity contribution is 8.00. The van der Waals surface area contributed by atoms with Gasteiger partial charge >= 0.3 is 0 Å². The zero-order chi connectivity index (χ0) is 24.2. The molecule has 1 aliphatic rings. The highest BCUT2D eigenvalue weighted by Crippen LogP contribution is 2.34. The summed E-state index contributed by atoms with van der Waals surface area (Å²) in [5.41, 5.74) is 1.47. The Bertz CT molecular complexity index is 1220. The van der Waals surface area contributed by atoms with Crippen molar-refractivity contribution in [2.24, 2.45) is 7.05 Å². The maximum absolute atomic E-state index is 13.1. The highest BCUT2D eigenvalue weighted by atomic mass is 32.2. The maximum Gasteiger partial charge on any atom is 0.295 e. The predicted molar refractivity (Wildman–Crippen MR) is 136 cm³/mol. The average Bonchev–Trinajstić information content (AvgIpc) is 3.33. The Kier molecular flexibility index (Phi) is 7.41. The van der Waals surface area contributed by atoms with Gasteiger partial charge in [-0.25, -0.2) is 4.68 Å². The number of anilines is 1. The van der Waals surface area contributed by atoms with E-state index in [4.69, 9.17) is 0 Å². The minimum absolute atomic E-state index is 0.247. The van der Waals surface area contributed by atoms with Gasteiger partial charge in [0.2, 0.25) is 5.91 Å². The number of thioether (sulfide) groups is 1. The van der Waals surface area contributed by atoms with Crippen LogP contribution in [0.25, 0.3) is 5.69 Å². The van der Waals surface area contributed by atoms with Crippen molar-refractivity contribution in [1.82, 2.24) is 24.1 Å². The Balaban J connectivity index is 1.53. The number of nitrogens with zero attached hydrogens (tertiary/aromatic N) is 5. The highest BCUT2D eigenvalue weighted by Gasteiger charge is 2.26. The van der Waals surface area contributed by atoms with E-state index < -0.39 is 5.25 Å². The average molecular weight is 481 g/mol. The molecule has 1 atom stereocenters. The van der Waals surface area contributed by atoms with Crippen LogP contribution in [0.1, 0.15) is 56.5 Å². The number of amides is 1. The summed E-state index contributed by atoms with van der Waals surface area (Å²) in [6.45, 7) is 8.14. The first-order valence-electron chi connectivity index (χ1n) is 11.8. The first kappa shape index (κ1) is 24.1. The number of para-hydroxylation sites is 1. The molecule has 4 rings (SSSR count). The van der Waals surface area contributed by atoms with Gasteiger partial charge in [0.05, 0.1) is 16.6 Å². The van der Waals surface area contributed by atoms with Crippen molar-refractivity contribution in [3.05, 3.63) is 64.9 Å². The molecular weight excluding hydrogens is 448 g/mol. The van der Waals surface area contributed by atoms with Crippen molar-refractivity contribution < 1.29 is 4.79 Å². The van der Waals surface area contributed by atoms with E-state index in [1.807, 2.05) is 57.3 Å². The van der Waals surface area contributed by atoms with E-state index in [2.05, 4.69) is 26.7 Å². The standard InChI is InChI=1S/C25H32N6O2S/c1-5-16-30-22(19-12-8-6-9-13-19)27-28-25(30)34-18(3)23(32)26-21-17(2)29(4)31(24(21)33)20-14-10-7-11-15-20/h5,7,10-11,14-15,18-19H,1,6,8-9,12-13,16H2,2-4H3,(H,26,32)/t18-/m0/s1. The SMILES string of the molecule is C=CCn1c(S[C@@H](C)C(=O)Nc2c(C)n(C)n(-c3ccccc3)c2=O)nnc1C1CCCCC1. The zero-order valence-electron chi connectivity index (χ0n) is 20.0. The van der Waals surface area contributed by atoms with Crippen molar-refractivity contribution in [3.63, 3.8) is 0 Å². The van der Waals surface area contributed by atoms with E-state index in [0.717, 1.165) is 24.4 Å². The third-order valence-electron chi connectivity index (χ3n) is 6.48. The minimum Gasteiger partial charge on any atom is -0.319 e. The largest absolute Gasteiger partial charge is 0.319 e. The molecule has 1 saturated carbocycles. The lowest BCUT2D eigenvalue weighted by Gasteiger charge is -2.21. The van der Waals surface area contributed by atoms with E-state index in [-0.39, 0.29) is 11.5 Å². The fourth-order valence-corrected chi connectivity index (χ4v) is 5.36. The second-order valence-electron chi connectivity index (χ2n) is 8.76. The third-order valence-corrected chi connectivity index (χ3v) is 7.56. The van der Waals surface area contributed by atoms with Crippen LogP contribution in [0.15, 0.2) is 52.9 Å². The summed E-state index contributed by atoms with van der Waals surface area (Å²) in [6.07, 6.45) is 7.78. The molecule has 9 heteroatoms. The monoisotopic (exact) mass is 480 g/mol. The van der Waals surface area contributed by atoms with Crippen LogP contribution < -0.4 is 10.9 Å². The lowest BCUT2D eigenvalue weighted by Crippen LogP contribution is -2.27. The third kappa shape index (κ3) is 4.75. The van der Waals surface area contributed by atoms with E-state index in [9.17, 15) is 9.59 Å². The molecule has 34 heavy (non-hydrogen) atoms. The molecule has 0 unspecified atom stereocenters. The fraction of sp³-hybridized carbons (Fsp3) is 0.440. The summed E-state index contributed by atoms with van der Waals surface area (Å²) in [6, 6.07) is 9.38. The van der Waals surface area contributed by atoms with Gasteiger partial charge < -0.3 is 9.88 Å². The Labute approximate surface area is 204 Å². The van der Waals surface area contributed by atoms with Gasteiger partial charge in [0, 0.05) is 19.5 Å². The van der Waals surface area contributed by atoms with Crippen LogP contribution in [-0.2, 0) is 18.4 Å². The van der Waals surface area contributed by atoms with E-state index in [1.54, 1.807) is 9.36 Å². The molecule has 0 saturated heterocycles. The second-order valence-corrected chi connectivity index (χ2v) is 10.1. The molecular formula is C25H32N6O2S. The van der Waals surface area contributed by atoms with Gasteiger partial charge in [0.15, 0.2) is 5.16 Å². The fourth-order valence-electron chi connectivity index (χ4n) is 4.50. The van der Waals surface area contributed by atoms with Crippen molar-refractivity contribution in [3.8, 4) is 5.69 Å². The van der Waals surface area contributed by atoms with Crippen LogP contribution in [0.4, 0.5) is 5.69 Å². The summed E-state index contributed by atoms with van der Waals surface area (Å²) in [5.74, 6) is 1.14.